The number of anilines is 1. The summed E-state index contributed by atoms with van der Waals surface area (Å²) in [4.78, 5) is 18.5. The molecular formula is C17H19N3O2. The van der Waals surface area contributed by atoms with Crippen molar-refractivity contribution >= 4 is 11.6 Å². The molecule has 1 aromatic carbocycles. The molecule has 3 rings (SSSR count). The fourth-order valence-corrected chi connectivity index (χ4v) is 2.55. The number of nitrogen functional groups attached to an aromatic ring is 1. The van der Waals surface area contributed by atoms with Crippen LogP contribution in [-0.2, 0) is 16.0 Å². The Morgan fingerprint density at radius 1 is 1.27 bits per heavy atom. The van der Waals surface area contributed by atoms with E-state index >= 15 is 0 Å². The zero-order valence-corrected chi connectivity index (χ0v) is 12.3. The van der Waals surface area contributed by atoms with Gasteiger partial charge in [0.2, 0.25) is 5.91 Å². The minimum Gasteiger partial charge on any atom is -0.397 e. The molecular weight excluding hydrogens is 278 g/mol. The summed E-state index contributed by atoms with van der Waals surface area (Å²) in [6.07, 6.45) is 1.81. The molecule has 1 amide bonds. The van der Waals surface area contributed by atoms with Crippen molar-refractivity contribution in [3.63, 3.8) is 0 Å². The Labute approximate surface area is 129 Å². The Bertz CT molecular complexity index is 628. The smallest absolute Gasteiger partial charge is 0.228 e. The molecule has 0 aliphatic carbocycles. The SMILES string of the molecule is Nc1ccc(CC(=O)N2CCOC(c3ccccc3)C2)nc1. The van der Waals surface area contributed by atoms with Crippen molar-refractivity contribution < 1.29 is 9.53 Å². The highest BCUT2D eigenvalue weighted by Crippen LogP contribution is 2.22. The van der Waals surface area contributed by atoms with Crippen LogP contribution in [0.3, 0.4) is 0 Å². The number of carbonyl (C=O) groups excluding carboxylic acids is 1. The molecule has 1 unspecified atom stereocenters. The van der Waals surface area contributed by atoms with E-state index in [2.05, 4.69) is 4.98 Å². The Morgan fingerprint density at radius 2 is 2.09 bits per heavy atom. The Morgan fingerprint density at radius 3 is 2.82 bits per heavy atom. The van der Waals surface area contributed by atoms with Crippen LogP contribution in [0.5, 0.6) is 0 Å². The summed E-state index contributed by atoms with van der Waals surface area (Å²) in [7, 11) is 0. The van der Waals surface area contributed by atoms with Crippen LogP contribution in [-0.4, -0.2) is 35.5 Å². The van der Waals surface area contributed by atoms with Crippen molar-refractivity contribution in [2.45, 2.75) is 12.5 Å². The van der Waals surface area contributed by atoms with Crippen molar-refractivity contribution in [1.29, 1.82) is 0 Å². The third-order valence-electron chi connectivity index (χ3n) is 3.77. The molecule has 1 aliphatic heterocycles. The van der Waals surface area contributed by atoms with Gasteiger partial charge in [0.05, 0.1) is 31.5 Å². The van der Waals surface area contributed by atoms with E-state index in [4.69, 9.17) is 10.5 Å². The third-order valence-corrected chi connectivity index (χ3v) is 3.77. The van der Waals surface area contributed by atoms with Gasteiger partial charge in [0.1, 0.15) is 6.10 Å². The summed E-state index contributed by atoms with van der Waals surface area (Å²) in [5.74, 6) is 0.0708. The van der Waals surface area contributed by atoms with E-state index in [1.54, 1.807) is 18.3 Å². The van der Waals surface area contributed by atoms with Gasteiger partial charge >= 0.3 is 0 Å². The second kappa shape index (κ2) is 6.58. The van der Waals surface area contributed by atoms with Gasteiger partial charge in [-0.1, -0.05) is 30.3 Å². The molecule has 2 N–H and O–H groups in total. The maximum atomic E-state index is 12.4. The van der Waals surface area contributed by atoms with E-state index in [1.165, 1.54) is 0 Å². The summed E-state index contributed by atoms with van der Waals surface area (Å²) < 4.78 is 5.78. The molecule has 0 bridgehead atoms. The number of rotatable bonds is 3. The number of hydrogen-bond acceptors (Lipinski definition) is 4. The molecule has 1 fully saturated rings. The lowest BCUT2D eigenvalue weighted by Gasteiger charge is -2.33. The molecule has 114 valence electrons. The van der Waals surface area contributed by atoms with Crippen LogP contribution in [0.4, 0.5) is 5.69 Å². The van der Waals surface area contributed by atoms with Gasteiger partial charge < -0.3 is 15.4 Å². The molecule has 2 heterocycles. The second-order valence-corrected chi connectivity index (χ2v) is 5.37. The third kappa shape index (κ3) is 3.43. The van der Waals surface area contributed by atoms with Crippen LogP contribution < -0.4 is 5.73 Å². The number of amides is 1. The first kappa shape index (κ1) is 14.5. The zero-order chi connectivity index (χ0) is 15.4. The van der Waals surface area contributed by atoms with Crippen molar-refractivity contribution in [2.75, 3.05) is 25.4 Å². The van der Waals surface area contributed by atoms with E-state index in [9.17, 15) is 4.79 Å². The molecule has 1 atom stereocenters. The lowest BCUT2D eigenvalue weighted by Crippen LogP contribution is -2.43. The molecule has 0 spiro atoms. The van der Waals surface area contributed by atoms with Gasteiger partial charge in [0.15, 0.2) is 0 Å². The van der Waals surface area contributed by atoms with Gasteiger partial charge in [-0.15, -0.1) is 0 Å². The van der Waals surface area contributed by atoms with Gasteiger partial charge in [0, 0.05) is 12.2 Å². The highest BCUT2D eigenvalue weighted by atomic mass is 16.5. The average molecular weight is 297 g/mol. The van der Waals surface area contributed by atoms with Crippen LogP contribution in [0.2, 0.25) is 0 Å². The number of hydrogen-bond donors (Lipinski definition) is 1. The fourth-order valence-electron chi connectivity index (χ4n) is 2.55. The van der Waals surface area contributed by atoms with Crippen molar-refractivity contribution in [3.8, 4) is 0 Å². The predicted molar refractivity (Wildman–Crippen MR) is 84.1 cm³/mol. The number of aromatic nitrogens is 1. The number of carbonyl (C=O) groups is 1. The fraction of sp³-hybridized carbons (Fsp3) is 0.294. The Balaban J connectivity index is 1.64. The molecule has 0 radical (unpaired) electrons. The molecule has 5 heteroatoms. The van der Waals surface area contributed by atoms with Crippen molar-refractivity contribution in [1.82, 2.24) is 9.88 Å². The number of nitrogens with two attached hydrogens (primary N) is 1. The molecule has 1 saturated heterocycles. The predicted octanol–water partition coefficient (Wildman–Crippen LogP) is 1.81. The standard InChI is InChI=1S/C17H19N3O2/c18-14-6-7-15(19-11-14)10-17(21)20-8-9-22-16(12-20)13-4-2-1-3-5-13/h1-7,11,16H,8-10,12,18H2. The summed E-state index contributed by atoms with van der Waals surface area (Å²) in [6.45, 7) is 1.76. The quantitative estimate of drug-likeness (QED) is 0.938. The van der Waals surface area contributed by atoms with Crippen LogP contribution in [0, 0.1) is 0 Å². The van der Waals surface area contributed by atoms with Crippen LogP contribution in [0.15, 0.2) is 48.7 Å². The number of ether oxygens (including phenoxy) is 1. The summed E-state index contributed by atoms with van der Waals surface area (Å²) >= 11 is 0. The minimum atomic E-state index is -0.0572. The number of nitrogens with zero attached hydrogens (tertiary/aromatic N) is 2. The normalized spacial score (nSPS) is 18.2. The summed E-state index contributed by atoms with van der Waals surface area (Å²) in [5.41, 5.74) is 8.05. The van der Waals surface area contributed by atoms with Gasteiger partial charge in [-0.2, -0.15) is 0 Å². The average Bonchev–Trinajstić information content (AvgIpc) is 2.58. The van der Waals surface area contributed by atoms with Gasteiger partial charge in [-0.3, -0.25) is 9.78 Å². The first-order chi connectivity index (χ1) is 10.7. The van der Waals surface area contributed by atoms with Gasteiger partial charge in [0.25, 0.3) is 0 Å². The Kier molecular flexibility index (Phi) is 4.34. The molecule has 5 nitrogen and oxygen atoms in total. The topological polar surface area (TPSA) is 68.5 Å². The maximum Gasteiger partial charge on any atom is 0.228 e. The van der Waals surface area contributed by atoms with E-state index in [0.29, 0.717) is 31.8 Å². The largest absolute Gasteiger partial charge is 0.397 e. The van der Waals surface area contributed by atoms with Gasteiger partial charge in [-0.05, 0) is 17.7 Å². The Hall–Kier alpha value is -2.40. The van der Waals surface area contributed by atoms with Gasteiger partial charge in [-0.25, -0.2) is 0 Å². The number of morpholine rings is 1. The van der Waals surface area contributed by atoms with Crippen molar-refractivity contribution in [2.24, 2.45) is 0 Å². The first-order valence-electron chi connectivity index (χ1n) is 7.37. The molecule has 2 aromatic rings. The number of benzene rings is 1. The highest BCUT2D eigenvalue weighted by molar-refractivity contribution is 5.78. The monoisotopic (exact) mass is 297 g/mol. The lowest BCUT2D eigenvalue weighted by molar-refractivity contribution is -0.138. The highest BCUT2D eigenvalue weighted by Gasteiger charge is 2.25. The van der Waals surface area contributed by atoms with Crippen LogP contribution in [0.25, 0.3) is 0 Å². The van der Waals surface area contributed by atoms with E-state index < -0.39 is 0 Å². The number of pyridine rings is 1. The molecule has 1 aromatic heterocycles. The van der Waals surface area contributed by atoms with Crippen LogP contribution >= 0.6 is 0 Å². The minimum absolute atomic E-state index is 0.0572. The van der Waals surface area contributed by atoms with E-state index in [0.717, 1.165) is 11.3 Å². The van der Waals surface area contributed by atoms with E-state index in [1.807, 2.05) is 35.2 Å². The lowest BCUT2D eigenvalue weighted by atomic mass is 10.1. The van der Waals surface area contributed by atoms with Crippen molar-refractivity contribution in [3.05, 3.63) is 59.9 Å². The maximum absolute atomic E-state index is 12.4. The first-order valence-corrected chi connectivity index (χ1v) is 7.37. The second-order valence-electron chi connectivity index (χ2n) is 5.37. The molecule has 1 aliphatic rings. The molecule has 22 heavy (non-hydrogen) atoms. The summed E-state index contributed by atoms with van der Waals surface area (Å²) in [6, 6.07) is 13.6. The van der Waals surface area contributed by atoms with Crippen LogP contribution in [0.1, 0.15) is 17.4 Å². The zero-order valence-electron chi connectivity index (χ0n) is 12.3. The molecule has 0 saturated carbocycles. The summed E-state index contributed by atoms with van der Waals surface area (Å²) in [5, 5.41) is 0. The van der Waals surface area contributed by atoms with E-state index in [-0.39, 0.29) is 12.0 Å².